The Kier molecular flexibility index (Phi) is 44.0. The summed E-state index contributed by atoms with van der Waals surface area (Å²) in [4.78, 5) is 13.1. The summed E-state index contributed by atoms with van der Waals surface area (Å²) in [5.41, 5.74) is 0. The van der Waals surface area contributed by atoms with Gasteiger partial charge >= 0.3 is 0 Å². The second kappa shape index (κ2) is 46.4. The normalized spacial score (nSPS) is 20.0. The zero-order chi connectivity index (χ0) is 47.3. The van der Waals surface area contributed by atoms with Crippen LogP contribution in [0.15, 0.2) is 24.3 Å². The minimum Gasteiger partial charge on any atom is -0.394 e. The number of carbonyl (C=O) groups excluding carboxylic acids is 1. The summed E-state index contributed by atoms with van der Waals surface area (Å²) < 4.78 is 11.3. The van der Waals surface area contributed by atoms with Gasteiger partial charge in [-0.15, -0.1) is 0 Å². The lowest BCUT2D eigenvalue weighted by Gasteiger charge is -2.40. The van der Waals surface area contributed by atoms with Gasteiger partial charge in [-0.2, -0.15) is 0 Å². The van der Waals surface area contributed by atoms with Crippen LogP contribution < -0.4 is 5.32 Å². The molecule has 0 spiro atoms. The third-order valence-electron chi connectivity index (χ3n) is 13.6. The van der Waals surface area contributed by atoms with Gasteiger partial charge in [-0.1, -0.05) is 244 Å². The fourth-order valence-electron chi connectivity index (χ4n) is 9.08. The van der Waals surface area contributed by atoms with Crippen molar-refractivity contribution >= 4 is 5.91 Å². The van der Waals surface area contributed by atoms with E-state index < -0.39 is 49.5 Å². The second-order valence-electron chi connectivity index (χ2n) is 19.7. The van der Waals surface area contributed by atoms with Crippen molar-refractivity contribution < 1.29 is 39.8 Å². The fraction of sp³-hybridized carbons (Fsp3) is 0.911. The highest BCUT2D eigenvalue weighted by atomic mass is 16.7. The number of rotatable bonds is 48. The molecule has 384 valence electrons. The molecule has 9 heteroatoms. The van der Waals surface area contributed by atoms with Crippen LogP contribution in [0.5, 0.6) is 0 Å². The molecule has 1 fully saturated rings. The van der Waals surface area contributed by atoms with E-state index in [-0.39, 0.29) is 12.5 Å². The monoisotopic (exact) mass is 922 g/mol. The molecular formula is C56H107NO8. The Bertz CT molecular complexity index is 1070. The van der Waals surface area contributed by atoms with E-state index in [1.807, 2.05) is 0 Å². The molecule has 0 bridgehead atoms. The number of allylic oxidation sites excluding steroid dienone is 4. The molecule has 6 N–H and O–H groups in total. The number of unbranched alkanes of at least 4 members (excludes halogenated alkanes) is 34. The molecule has 0 radical (unpaired) electrons. The molecule has 1 saturated heterocycles. The van der Waals surface area contributed by atoms with Crippen molar-refractivity contribution in [3.8, 4) is 0 Å². The van der Waals surface area contributed by atoms with E-state index >= 15 is 0 Å². The summed E-state index contributed by atoms with van der Waals surface area (Å²) in [5, 5.41) is 54.6. The Morgan fingerprint density at radius 2 is 0.908 bits per heavy atom. The van der Waals surface area contributed by atoms with Crippen molar-refractivity contribution in [2.75, 3.05) is 13.2 Å². The molecule has 0 aromatic carbocycles. The van der Waals surface area contributed by atoms with Gasteiger partial charge in [-0.05, 0) is 44.9 Å². The first kappa shape index (κ1) is 61.7. The summed E-state index contributed by atoms with van der Waals surface area (Å²) in [6.07, 6.45) is 50.5. The number of nitrogens with one attached hydrogen (secondary N) is 1. The van der Waals surface area contributed by atoms with Crippen LogP contribution in [0.2, 0.25) is 0 Å². The van der Waals surface area contributed by atoms with E-state index in [1.165, 1.54) is 199 Å². The van der Waals surface area contributed by atoms with Crippen LogP contribution in [-0.2, 0) is 14.3 Å². The van der Waals surface area contributed by atoms with Crippen LogP contribution in [0.25, 0.3) is 0 Å². The molecule has 65 heavy (non-hydrogen) atoms. The average molecular weight is 922 g/mol. The van der Waals surface area contributed by atoms with Crippen molar-refractivity contribution in [2.45, 2.75) is 314 Å². The Morgan fingerprint density at radius 1 is 0.523 bits per heavy atom. The molecule has 0 aromatic heterocycles. The van der Waals surface area contributed by atoms with Gasteiger partial charge < -0.3 is 40.3 Å². The number of amides is 1. The lowest BCUT2D eigenvalue weighted by atomic mass is 9.99. The van der Waals surface area contributed by atoms with Gasteiger partial charge in [-0.25, -0.2) is 0 Å². The number of hydrogen-bond acceptors (Lipinski definition) is 8. The zero-order valence-electron chi connectivity index (χ0n) is 42.5. The lowest BCUT2D eigenvalue weighted by Crippen LogP contribution is -2.60. The highest BCUT2D eigenvalue weighted by Gasteiger charge is 2.44. The van der Waals surface area contributed by atoms with Crippen LogP contribution in [-0.4, -0.2) is 87.5 Å². The van der Waals surface area contributed by atoms with E-state index in [0.717, 1.165) is 44.9 Å². The fourth-order valence-corrected chi connectivity index (χ4v) is 9.08. The molecule has 1 rings (SSSR count). The molecule has 9 nitrogen and oxygen atoms in total. The Hall–Kier alpha value is -1.33. The van der Waals surface area contributed by atoms with Crippen molar-refractivity contribution in [3.63, 3.8) is 0 Å². The summed E-state index contributed by atoms with van der Waals surface area (Å²) >= 11 is 0. The van der Waals surface area contributed by atoms with Crippen LogP contribution in [0, 0.1) is 0 Å². The average Bonchev–Trinajstić information content (AvgIpc) is 3.31. The van der Waals surface area contributed by atoms with Gasteiger partial charge in [0.25, 0.3) is 0 Å². The quantitative estimate of drug-likeness (QED) is 0.0261. The maximum absolute atomic E-state index is 13.1. The SMILES string of the molecule is CCCCCCC/C=C\C/C=C\CCCCCCCCCCCC(=O)NC(COC1OC(CO)C(O)C(O)C1O)C(O)CCCCCCCCCCCCCCCCCCCCCCC. The molecule has 1 aliphatic heterocycles. The van der Waals surface area contributed by atoms with Gasteiger partial charge in [-0.3, -0.25) is 4.79 Å². The van der Waals surface area contributed by atoms with E-state index in [1.54, 1.807) is 0 Å². The van der Waals surface area contributed by atoms with E-state index in [2.05, 4.69) is 43.5 Å². The first-order valence-electron chi connectivity index (χ1n) is 28.0. The molecule has 1 aliphatic rings. The number of carbonyl (C=O) groups is 1. The van der Waals surface area contributed by atoms with E-state index in [9.17, 15) is 30.3 Å². The van der Waals surface area contributed by atoms with Crippen molar-refractivity contribution in [1.29, 1.82) is 0 Å². The third-order valence-corrected chi connectivity index (χ3v) is 13.6. The summed E-state index contributed by atoms with van der Waals surface area (Å²) in [5.74, 6) is -0.145. The number of aliphatic hydroxyl groups is 5. The summed E-state index contributed by atoms with van der Waals surface area (Å²) in [6.45, 7) is 3.85. The van der Waals surface area contributed by atoms with E-state index in [4.69, 9.17) is 9.47 Å². The number of aliphatic hydroxyl groups excluding tert-OH is 5. The third kappa shape index (κ3) is 36.3. The zero-order valence-corrected chi connectivity index (χ0v) is 42.5. The van der Waals surface area contributed by atoms with Gasteiger partial charge in [0, 0.05) is 6.42 Å². The summed E-state index contributed by atoms with van der Waals surface area (Å²) in [7, 11) is 0. The first-order valence-corrected chi connectivity index (χ1v) is 28.0. The van der Waals surface area contributed by atoms with Gasteiger partial charge in [0.2, 0.25) is 5.91 Å². The van der Waals surface area contributed by atoms with Crippen molar-refractivity contribution in [2.24, 2.45) is 0 Å². The molecule has 7 atom stereocenters. The highest BCUT2D eigenvalue weighted by Crippen LogP contribution is 2.23. The minimum absolute atomic E-state index is 0.137. The first-order chi connectivity index (χ1) is 31.8. The Balaban J connectivity index is 2.23. The Labute approximate surface area is 400 Å². The number of hydrogen-bond donors (Lipinski definition) is 6. The standard InChI is InChI=1S/C56H107NO8/c1-3-5-7-9-11-13-15-17-19-21-23-25-27-29-31-33-35-37-39-41-43-45-50(59)49(48-64-56-55(63)54(62)53(61)51(47-58)65-56)57-52(60)46-44-42-40-38-36-34-32-30-28-26-24-22-20-18-16-14-12-10-8-6-4-2/h16,18,22,24,49-51,53-56,58-59,61-63H,3-15,17,19-21,23,25-48H2,1-2H3,(H,57,60)/b18-16-,24-22-. The highest BCUT2D eigenvalue weighted by molar-refractivity contribution is 5.76. The molecular weight excluding hydrogens is 815 g/mol. The maximum atomic E-state index is 13.1. The molecule has 0 saturated carbocycles. The second-order valence-corrected chi connectivity index (χ2v) is 19.7. The number of ether oxygens (including phenoxy) is 2. The Morgan fingerprint density at radius 3 is 1.32 bits per heavy atom. The minimum atomic E-state index is -1.55. The van der Waals surface area contributed by atoms with Crippen LogP contribution in [0.4, 0.5) is 0 Å². The molecule has 7 unspecified atom stereocenters. The van der Waals surface area contributed by atoms with Crippen molar-refractivity contribution in [3.05, 3.63) is 24.3 Å². The summed E-state index contributed by atoms with van der Waals surface area (Å²) in [6, 6.07) is -0.720. The van der Waals surface area contributed by atoms with Crippen LogP contribution in [0.1, 0.15) is 271 Å². The van der Waals surface area contributed by atoms with Crippen LogP contribution in [0.3, 0.4) is 0 Å². The topological polar surface area (TPSA) is 149 Å². The van der Waals surface area contributed by atoms with Gasteiger partial charge in [0.1, 0.15) is 24.4 Å². The largest absolute Gasteiger partial charge is 0.394 e. The molecule has 0 aromatic rings. The van der Waals surface area contributed by atoms with E-state index in [0.29, 0.717) is 12.8 Å². The van der Waals surface area contributed by atoms with Crippen LogP contribution >= 0.6 is 0 Å². The maximum Gasteiger partial charge on any atom is 0.220 e. The predicted molar refractivity (Wildman–Crippen MR) is 272 cm³/mol. The predicted octanol–water partition coefficient (Wildman–Crippen LogP) is 13.4. The smallest absolute Gasteiger partial charge is 0.220 e. The van der Waals surface area contributed by atoms with Gasteiger partial charge in [0.05, 0.1) is 25.4 Å². The van der Waals surface area contributed by atoms with Gasteiger partial charge in [0.15, 0.2) is 6.29 Å². The van der Waals surface area contributed by atoms with Crippen molar-refractivity contribution in [1.82, 2.24) is 5.32 Å². The lowest BCUT2D eigenvalue weighted by molar-refractivity contribution is -0.302. The molecule has 0 aliphatic carbocycles. The molecule has 1 amide bonds. The molecule has 1 heterocycles.